The molecular weight excluding hydrogens is 461 g/mol. The highest BCUT2D eigenvalue weighted by atomic mass is 35.5. The number of nitrogens with one attached hydrogen (secondary N) is 3. The van der Waals surface area contributed by atoms with Crippen LogP contribution in [0.1, 0.15) is 6.42 Å². The Labute approximate surface area is 188 Å². The Kier molecular flexibility index (Phi) is 7.21. The molecule has 2 amide bonds. The molecule has 0 spiro atoms. The van der Waals surface area contributed by atoms with E-state index in [2.05, 4.69) is 25.9 Å². The number of hydrogen-bond donors (Lipinski definition) is 3. The van der Waals surface area contributed by atoms with Crippen LogP contribution in [0.3, 0.4) is 0 Å². The number of carbonyl (C=O) groups is 2. The van der Waals surface area contributed by atoms with Crippen molar-refractivity contribution >= 4 is 61.3 Å². The second-order valence-corrected chi connectivity index (χ2v) is 9.47. The molecule has 12 heteroatoms. The van der Waals surface area contributed by atoms with Gasteiger partial charge in [0.25, 0.3) is 0 Å². The highest BCUT2D eigenvalue weighted by molar-refractivity contribution is 7.91. The van der Waals surface area contributed by atoms with Gasteiger partial charge in [-0.1, -0.05) is 11.6 Å². The van der Waals surface area contributed by atoms with Crippen LogP contribution in [0, 0.1) is 5.82 Å². The summed E-state index contributed by atoms with van der Waals surface area (Å²) >= 11 is 5.82. The number of carbonyl (C=O) groups excluding carboxylic acids is 2. The van der Waals surface area contributed by atoms with Crippen LogP contribution in [-0.4, -0.2) is 48.8 Å². The molecule has 3 N–H and O–H groups in total. The van der Waals surface area contributed by atoms with Crippen LogP contribution < -0.4 is 16.0 Å². The van der Waals surface area contributed by atoms with Gasteiger partial charge < -0.3 is 16.0 Å². The Balaban J connectivity index is 1.67. The van der Waals surface area contributed by atoms with Crippen molar-refractivity contribution in [3.63, 3.8) is 0 Å². The van der Waals surface area contributed by atoms with E-state index in [0.717, 1.165) is 6.26 Å². The summed E-state index contributed by atoms with van der Waals surface area (Å²) in [7, 11) is -3.43. The summed E-state index contributed by atoms with van der Waals surface area (Å²) in [5, 5.41) is 8.70. The first kappa shape index (κ1) is 23.4. The van der Waals surface area contributed by atoms with Gasteiger partial charge in [0.2, 0.25) is 11.8 Å². The minimum atomic E-state index is -3.43. The zero-order valence-electron chi connectivity index (χ0n) is 16.9. The maximum atomic E-state index is 13.4. The zero-order valence-corrected chi connectivity index (χ0v) is 18.4. The quantitative estimate of drug-likeness (QED) is 0.452. The molecule has 0 aliphatic carbocycles. The van der Waals surface area contributed by atoms with Crippen molar-refractivity contribution in [2.24, 2.45) is 0 Å². The molecule has 0 atom stereocenters. The third-order valence-electron chi connectivity index (χ3n) is 4.17. The van der Waals surface area contributed by atoms with Gasteiger partial charge in [0.1, 0.15) is 23.7 Å². The molecule has 1 heterocycles. The molecule has 0 saturated heterocycles. The molecule has 9 nitrogen and oxygen atoms in total. The number of halogens is 2. The monoisotopic (exact) mass is 479 g/mol. The zero-order chi connectivity index (χ0) is 23.3. The lowest BCUT2D eigenvalue weighted by Crippen LogP contribution is -2.32. The molecule has 0 radical (unpaired) electrons. The van der Waals surface area contributed by atoms with E-state index in [0.29, 0.717) is 28.1 Å². The van der Waals surface area contributed by atoms with Crippen molar-refractivity contribution in [2.45, 2.75) is 6.42 Å². The molecule has 32 heavy (non-hydrogen) atoms. The number of sulfone groups is 1. The summed E-state index contributed by atoms with van der Waals surface area (Å²) < 4.78 is 35.6. The number of aromatic nitrogens is 2. The minimum Gasteiger partial charge on any atom is -0.355 e. The van der Waals surface area contributed by atoms with Gasteiger partial charge in [0.15, 0.2) is 9.84 Å². The Bertz CT molecular complexity index is 1290. The third kappa shape index (κ3) is 6.59. The van der Waals surface area contributed by atoms with Gasteiger partial charge in [0.05, 0.1) is 10.5 Å². The van der Waals surface area contributed by atoms with Crippen LogP contribution in [0.2, 0.25) is 5.02 Å². The van der Waals surface area contributed by atoms with E-state index in [9.17, 15) is 22.4 Å². The van der Waals surface area contributed by atoms with Gasteiger partial charge in [-0.25, -0.2) is 22.8 Å². The predicted octanol–water partition coefficient (Wildman–Crippen LogP) is 2.66. The van der Waals surface area contributed by atoms with E-state index in [-0.39, 0.29) is 23.9 Å². The molecule has 0 aliphatic heterocycles. The van der Waals surface area contributed by atoms with E-state index in [4.69, 9.17) is 11.6 Å². The maximum absolute atomic E-state index is 13.4. The van der Waals surface area contributed by atoms with Gasteiger partial charge in [-0.2, -0.15) is 0 Å². The molecule has 0 bridgehead atoms. The molecule has 168 valence electrons. The number of hydrogen-bond acceptors (Lipinski definition) is 7. The van der Waals surface area contributed by atoms with Crippen LogP contribution in [0.5, 0.6) is 0 Å². The fraction of sp³-hybridized carbons (Fsp3) is 0.200. The summed E-state index contributed by atoms with van der Waals surface area (Å²) in [5.41, 5.74) is 1.61. The second-order valence-electron chi connectivity index (χ2n) is 6.93. The second kappa shape index (κ2) is 9.88. The summed E-state index contributed by atoms with van der Waals surface area (Å²) in [6, 6.07) is 9.20. The van der Waals surface area contributed by atoms with Crippen molar-refractivity contribution in [1.82, 2.24) is 15.3 Å². The van der Waals surface area contributed by atoms with Crippen molar-refractivity contribution in [3.05, 3.63) is 53.6 Å². The summed E-state index contributed by atoms with van der Waals surface area (Å²) in [6.45, 7) is -0.00495. The number of nitrogens with zero attached hydrogens (tertiary/aromatic N) is 2. The molecule has 0 saturated carbocycles. The molecule has 3 aromatic rings. The van der Waals surface area contributed by atoms with E-state index in [1.807, 2.05) is 0 Å². The lowest BCUT2D eigenvalue weighted by Gasteiger charge is -2.11. The Morgan fingerprint density at radius 2 is 1.81 bits per heavy atom. The van der Waals surface area contributed by atoms with E-state index >= 15 is 0 Å². The van der Waals surface area contributed by atoms with Gasteiger partial charge in [-0.3, -0.25) is 9.59 Å². The van der Waals surface area contributed by atoms with Gasteiger partial charge in [-0.15, -0.1) is 0 Å². The first-order valence-electron chi connectivity index (χ1n) is 9.32. The van der Waals surface area contributed by atoms with Crippen molar-refractivity contribution in [3.8, 4) is 0 Å². The topological polar surface area (TPSA) is 130 Å². The Morgan fingerprint density at radius 1 is 1.06 bits per heavy atom. The lowest BCUT2D eigenvalue weighted by atomic mass is 10.2. The summed E-state index contributed by atoms with van der Waals surface area (Å²) in [4.78, 5) is 32.1. The number of fused-ring (bicyclic) bond motifs is 1. The fourth-order valence-electron chi connectivity index (χ4n) is 2.77. The third-order valence-corrected chi connectivity index (χ3v) is 5.25. The molecule has 2 aromatic carbocycles. The highest BCUT2D eigenvalue weighted by Gasteiger charge is 2.12. The van der Waals surface area contributed by atoms with Gasteiger partial charge in [0, 0.05) is 36.0 Å². The van der Waals surface area contributed by atoms with Gasteiger partial charge >= 0.3 is 0 Å². The summed E-state index contributed by atoms with van der Waals surface area (Å²) in [6.07, 6.45) is 2.28. The molecular formula is C20H19ClFN5O4S. The SMILES string of the molecule is CS(=O)(=O)CC(=O)NCCC(=O)Nc1ccc2ncnc(Nc3ccc(F)c(Cl)c3)c2c1. The van der Waals surface area contributed by atoms with Crippen LogP contribution >= 0.6 is 11.6 Å². The molecule has 0 aliphatic rings. The average molecular weight is 480 g/mol. The first-order valence-corrected chi connectivity index (χ1v) is 11.8. The average Bonchev–Trinajstić information content (AvgIpc) is 2.70. The normalized spacial score (nSPS) is 11.2. The number of benzene rings is 2. The Morgan fingerprint density at radius 3 is 2.53 bits per heavy atom. The van der Waals surface area contributed by atoms with Crippen LogP contribution in [0.25, 0.3) is 10.9 Å². The van der Waals surface area contributed by atoms with E-state index in [1.165, 1.54) is 24.5 Å². The van der Waals surface area contributed by atoms with Crippen LogP contribution in [0.15, 0.2) is 42.7 Å². The van der Waals surface area contributed by atoms with E-state index in [1.54, 1.807) is 18.2 Å². The maximum Gasteiger partial charge on any atom is 0.235 e. The Hall–Kier alpha value is -3.31. The molecule has 0 unspecified atom stereocenters. The largest absolute Gasteiger partial charge is 0.355 e. The molecule has 1 aromatic heterocycles. The predicted molar refractivity (Wildman–Crippen MR) is 120 cm³/mol. The van der Waals surface area contributed by atoms with Crippen molar-refractivity contribution in [1.29, 1.82) is 0 Å². The minimum absolute atomic E-state index is 0.00495. The molecule has 0 fully saturated rings. The number of amides is 2. The van der Waals surface area contributed by atoms with Crippen LogP contribution in [-0.2, 0) is 19.4 Å². The fourth-order valence-corrected chi connectivity index (χ4v) is 3.53. The molecule has 3 rings (SSSR count). The van der Waals surface area contributed by atoms with E-state index < -0.39 is 27.3 Å². The first-order chi connectivity index (χ1) is 15.1. The van der Waals surface area contributed by atoms with Gasteiger partial charge in [-0.05, 0) is 36.4 Å². The number of rotatable bonds is 8. The lowest BCUT2D eigenvalue weighted by molar-refractivity contribution is -0.119. The highest BCUT2D eigenvalue weighted by Crippen LogP contribution is 2.27. The van der Waals surface area contributed by atoms with Crippen molar-refractivity contribution in [2.75, 3.05) is 29.2 Å². The number of anilines is 3. The standard InChI is InChI=1S/C20H19ClFN5O4S/c1-32(30,31)10-19(29)23-7-6-18(28)26-12-3-5-17-14(8-12)20(25-11-24-17)27-13-2-4-16(22)15(21)9-13/h2-5,8-9,11H,6-7,10H2,1H3,(H,23,29)(H,26,28)(H,24,25,27). The summed E-state index contributed by atoms with van der Waals surface area (Å²) in [5.74, 6) is -1.78. The van der Waals surface area contributed by atoms with Crippen molar-refractivity contribution < 1.29 is 22.4 Å². The smallest absolute Gasteiger partial charge is 0.235 e. The van der Waals surface area contributed by atoms with Crippen LogP contribution in [0.4, 0.5) is 21.6 Å².